The van der Waals surface area contributed by atoms with Crippen LogP contribution in [0.5, 0.6) is 0 Å². The molecular formula is C24H28N4O7S2. The monoisotopic (exact) mass is 548 g/mol. The van der Waals surface area contributed by atoms with Gasteiger partial charge < -0.3 is 20.3 Å². The quantitative estimate of drug-likeness (QED) is 0.132. The lowest BCUT2D eigenvalue weighted by Crippen LogP contribution is -2.61. The molecule has 11 nitrogen and oxygen atoms in total. The zero-order chi connectivity index (χ0) is 27.1. The van der Waals surface area contributed by atoms with Crippen LogP contribution in [0.15, 0.2) is 46.5 Å². The number of esters is 1. The fourth-order valence-corrected chi connectivity index (χ4v) is 6.04. The fourth-order valence-electron chi connectivity index (χ4n) is 4.09. The maximum atomic E-state index is 13.1. The summed E-state index contributed by atoms with van der Waals surface area (Å²) in [5, 5.41) is 17.7. The van der Waals surface area contributed by atoms with Gasteiger partial charge in [-0.15, -0.1) is 0 Å². The Bertz CT molecular complexity index is 1140. The fraction of sp³-hybridized carbons (Fsp3) is 0.417. The minimum atomic E-state index is -0.658. The summed E-state index contributed by atoms with van der Waals surface area (Å²) in [6.45, 7) is 5.20. The summed E-state index contributed by atoms with van der Waals surface area (Å²) >= 11 is 2.83. The molecule has 3 atom stereocenters. The first-order chi connectivity index (χ1) is 17.6. The lowest BCUT2D eigenvalue weighted by molar-refractivity contribution is -0.384. The van der Waals surface area contributed by atoms with Gasteiger partial charge in [0.25, 0.3) is 5.69 Å². The van der Waals surface area contributed by atoms with Crippen molar-refractivity contribution in [3.63, 3.8) is 0 Å². The van der Waals surface area contributed by atoms with Gasteiger partial charge in [-0.25, -0.2) is 4.79 Å². The molecule has 0 spiro atoms. The Labute approximate surface area is 222 Å². The van der Waals surface area contributed by atoms with Gasteiger partial charge in [0.2, 0.25) is 17.7 Å². The number of thioether (sulfide) groups is 2. The topological polar surface area (TPSA) is 148 Å². The Morgan fingerprint density at radius 2 is 1.95 bits per heavy atom. The van der Waals surface area contributed by atoms with E-state index in [1.807, 2.05) is 6.92 Å². The number of non-ortho nitro benzene ring substituents is 1. The SMILES string of the molecule is CC(=O)NC=CSC1=C(C(=O)OCc2ccc([N+](=O)[O-])cc2)N2C(=O)[C@H](C(C)SCCNC(C)=O)[C@H]2C1. The number of benzene rings is 1. The van der Waals surface area contributed by atoms with E-state index in [2.05, 4.69) is 10.6 Å². The number of carbonyl (C=O) groups is 4. The van der Waals surface area contributed by atoms with Crippen LogP contribution in [0.4, 0.5) is 5.69 Å². The van der Waals surface area contributed by atoms with Crippen molar-refractivity contribution in [2.45, 2.75) is 45.1 Å². The second kappa shape index (κ2) is 12.8. The molecule has 0 aliphatic carbocycles. The van der Waals surface area contributed by atoms with Crippen molar-refractivity contribution in [3.8, 4) is 0 Å². The number of nitrogens with one attached hydrogen (secondary N) is 2. The number of amides is 3. The number of β-lactam (4-membered cyclic amide) rings is 1. The number of nitro groups is 1. The van der Waals surface area contributed by atoms with Crippen molar-refractivity contribution in [2.24, 2.45) is 5.92 Å². The maximum Gasteiger partial charge on any atom is 0.356 e. The lowest BCUT2D eigenvalue weighted by Gasteiger charge is -2.46. The zero-order valence-corrected chi connectivity index (χ0v) is 22.2. The molecule has 0 saturated carbocycles. The molecule has 0 aromatic heterocycles. The van der Waals surface area contributed by atoms with E-state index in [4.69, 9.17) is 4.74 Å². The number of nitrogens with zero attached hydrogens (tertiary/aromatic N) is 2. The van der Waals surface area contributed by atoms with E-state index in [-0.39, 0.29) is 52.9 Å². The molecule has 1 saturated heterocycles. The number of nitro benzene ring substituents is 1. The first-order valence-corrected chi connectivity index (χ1v) is 13.4. The van der Waals surface area contributed by atoms with Crippen LogP contribution < -0.4 is 10.6 Å². The average molecular weight is 549 g/mol. The molecule has 37 heavy (non-hydrogen) atoms. The maximum absolute atomic E-state index is 13.1. The second-order valence-corrected chi connectivity index (χ2v) is 10.9. The second-order valence-electron chi connectivity index (χ2n) is 8.46. The van der Waals surface area contributed by atoms with Crippen LogP contribution in [0.1, 0.15) is 32.8 Å². The minimum absolute atomic E-state index is 0.0147. The number of fused-ring (bicyclic) bond motifs is 1. The van der Waals surface area contributed by atoms with Crippen LogP contribution in [0.25, 0.3) is 0 Å². The Hall–Kier alpha value is -3.32. The molecule has 0 radical (unpaired) electrons. The molecule has 1 fully saturated rings. The summed E-state index contributed by atoms with van der Waals surface area (Å²) < 4.78 is 5.47. The number of hydrogen-bond acceptors (Lipinski definition) is 9. The van der Waals surface area contributed by atoms with Gasteiger partial charge >= 0.3 is 5.97 Å². The molecule has 1 aromatic rings. The van der Waals surface area contributed by atoms with E-state index >= 15 is 0 Å². The molecule has 2 N–H and O–H groups in total. The molecule has 2 heterocycles. The number of rotatable bonds is 12. The number of hydrogen-bond donors (Lipinski definition) is 2. The Morgan fingerprint density at radius 1 is 1.24 bits per heavy atom. The largest absolute Gasteiger partial charge is 0.456 e. The summed E-state index contributed by atoms with van der Waals surface area (Å²) in [4.78, 5) is 60.9. The molecule has 1 unspecified atom stereocenters. The third-order valence-corrected chi connectivity index (χ3v) is 7.98. The van der Waals surface area contributed by atoms with Crippen LogP contribution in [0, 0.1) is 16.0 Å². The highest BCUT2D eigenvalue weighted by atomic mass is 32.2. The summed E-state index contributed by atoms with van der Waals surface area (Å²) in [6, 6.07) is 5.49. The van der Waals surface area contributed by atoms with Gasteiger partial charge in [-0.2, -0.15) is 11.8 Å². The number of carbonyl (C=O) groups excluding carboxylic acids is 4. The third-order valence-electron chi connectivity index (χ3n) is 5.81. The summed E-state index contributed by atoms with van der Waals surface area (Å²) in [7, 11) is 0. The lowest BCUT2D eigenvalue weighted by atomic mass is 9.85. The van der Waals surface area contributed by atoms with Crippen LogP contribution >= 0.6 is 23.5 Å². The van der Waals surface area contributed by atoms with E-state index in [0.717, 1.165) is 0 Å². The van der Waals surface area contributed by atoms with Crippen LogP contribution in [-0.2, 0) is 30.5 Å². The van der Waals surface area contributed by atoms with Crippen molar-refractivity contribution in [1.82, 2.24) is 15.5 Å². The van der Waals surface area contributed by atoms with E-state index < -0.39 is 10.9 Å². The highest BCUT2D eigenvalue weighted by Gasteiger charge is 2.57. The first kappa shape index (κ1) is 28.3. The van der Waals surface area contributed by atoms with Crippen molar-refractivity contribution < 1.29 is 28.8 Å². The highest BCUT2D eigenvalue weighted by Crippen LogP contribution is 2.49. The molecule has 2 aliphatic heterocycles. The number of ether oxygens (including phenoxy) is 1. The van der Waals surface area contributed by atoms with Gasteiger partial charge in [-0.05, 0) is 23.1 Å². The summed E-state index contributed by atoms with van der Waals surface area (Å²) in [6.07, 6.45) is 1.94. The third kappa shape index (κ3) is 7.13. The first-order valence-electron chi connectivity index (χ1n) is 11.5. The summed E-state index contributed by atoms with van der Waals surface area (Å²) in [5.74, 6) is -0.774. The average Bonchev–Trinajstić information content (AvgIpc) is 3.17. The molecular weight excluding hydrogens is 520 g/mol. The van der Waals surface area contributed by atoms with Crippen LogP contribution in [0.2, 0.25) is 0 Å². The molecule has 0 bridgehead atoms. The van der Waals surface area contributed by atoms with Gasteiger partial charge in [-0.1, -0.05) is 18.7 Å². The molecule has 3 amide bonds. The van der Waals surface area contributed by atoms with Crippen LogP contribution in [0.3, 0.4) is 0 Å². The predicted octanol–water partition coefficient (Wildman–Crippen LogP) is 2.68. The standard InChI is InChI=1S/C24H28N4O7S2/c1-14(36-10-8-25-15(2)29)21-19-12-20(37-11-9-26-16(3)30)22(27(19)23(21)31)24(32)35-13-17-4-6-18(7-5-17)28(33)34/h4-7,9,11,14,19,21H,8,10,12-13H2,1-3H3,(H,25,29)(H,26,30)/t14?,19-,21-/m1/s1. The Balaban J connectivity index is 1.69. The summed E-state index contributed by atoms with van der Waals surface area (Å²) in [5.41, 5.74) is 0.689. The Morgan fingerprint density at radius 3 is 2.57 bits per heavy atom. The van der Waals surface area contributed by atoms with Crippen LogP contribution in [-0.4, -0.2) is 57.1 Å². The van der Waals surface area contributed by atoms with Gasteiger partial charge in [0.05, 0.1) is 16.9 Å². The zero-order valence-electron chi connectivity index (χ0n) is 20.6. The van der Waals surface area contributed by atoms with E-state index in [1.54, 1.807) is 17.2 Å². The van der Waals surface area contributed by atoms with Gasteiger partial charge in [0.15, 0.2) is 0 Å². The molecule has 1 aromatic carbocycles. The van der Waals surface area contributed by atoms with Gasteiger partial charge in [0, 0.05) is 61.1 Å². The highest BCUT2D eigenvalue weighted by molar-refractivity contribution is 8.05. The van der Waals surface area contributed by atoms with Gasteiger partial charge in [-0.3, -0.25) is 24.5 Å². The Kier molecular flexibility index (Phi) is 9.75. The minimum Gasteiger partial charge on any atom is -0.456 e. The van der Waals surface area contributed by atoms with E-state index in [9.17, 15) is 29.3 Å². The van der Waals surface area contributed by atoms with Crippen molar-refractivity contribution in [1.29, 1.82) is 0 Å². The van der Waals surface area contributed by atoms with Crippen molar-refractivity contribution >= 4 is 52.9 Å². The van der Waals surface area contributed by atoms with Gasteiger partial charge in [0.1, 0.15) is 12.3 Å². The molecule has 3 rings (SSSR count). The van der Waals surface area contributed by atoms with E-state index in [0.29, 0.717) is 29.2 Å². The predicted molar refractivity (Wildman–Crippen MR) is 140 cm³/mol. The molecule has 2 aliphatic rings. The normalized spacial score (nSPS) is 19.3. The van der Waals surface area contributed by atoms with Crippen molar-refractivity contribution in [3.05, 3.63) is 62.2 Å². The van der Waals surface area contributed by atoms with Crippen molar-refractivity contribution in [2.75, 3.05) is 12.3 Å². The smallest absolute Gasteiger partial charge is 0.356 e. The molecule has 198 valence electrons. The molecule has 13 heteroatoms. The van der Waals surface area contributed by atoms with E-state index in [1.165, 1.54) is 61.0 Å².